The molecule has 0 aliphatic heterocycles. The molecule has 0 saturated carbocycles. The van der Waals surface area contributed by atoms with Gasteiger partial charge in [0.2, 0.25) is 0 Å². The monoisotopic (exact) mass is 294 g/mol. The Bertz CT molecular complexity index is 591. The number of amides is 2. The van der Waals surface area contributed by atoms with Crippen molar-refractivity contribution in [1.29, 1.82) is 0 Å². The van der Waals surface area contributed by atoms with E-state index in [2.05, 4.69) is 10.1 Å². The van der Waals surface area contributed by atoms with Crippen molar-refractivity contribution in [2.75, 3.05) is 19.5 Å². The van der Waals surface area contributed by atoms with Crippen molar-refractivity contribution in [2.24, 2.45) is 0 Å². The summed E-state index contributed by atoms with van der Waals surface area (Å²) < 4.78 is 9.83. The van der Waals surface area contributed by atoms with Crippen LogP contribution in [0.5, 0.6) is 0 Å². The lowest BCUT2D eigenvalue weighted by Crippen LogP contribution is -2.31. The maximum absolute atomic E-state index is 12.0. The fourth-order valence-corrected chi connectivity index (χ4v) is 2.34. The lowest BCUT2D eigenvalue weighted by atomic mass is 10.4. The highest BCUT2D eigenvalue weighted by Gasteiger charge is 2.17. The van der Waals surface area contributed by atoms with Crippen LogP contribution in [0.25, 0.3) is 0 Å². The first-order chi connectivity index (χ1) is 9.61. The van der Waals surface area contributed by atoms with Gasteiger partial charge in [-0.25, -0.2) is 9.59 Å². The molecule has 0 aliphatic carbocycles. The highest BCUT2D eigenvalue weighted by atomic mass is 32.1. The van der Waals surface area contributed by atoms with Crippen molar-refractivity contribution in [3.63, 3.8) is 0 Å². The number of hydrogen-bond donors (Lipinski definition) is 1. The Morgan fingerprint density at radius 3 is 2.90 bits per heavy atom. The van der Waals surface area contributed by atoms with Crippen molar-refractivity contribution in [3.8, 4) is 0 Å². The zero-order chi connectivity index (χ0) is 14.5. The van der Waals surface area contributed by atoms with Gasteiger partial charge >= 0.3 is 12.0 Å². The summed E-state index contributed by atoms with van der Waals surface area (Å²) in [5, 5.41) is 4.39. The molecule has 0 fully saturated rings. The summed E-state index contributed by atoms with van der Waals surface area (Å²) >= 11 is 1.21. The number of hydrogen-bond acceptors (Lipinski definition) is 5. The molecule has 0 radical (unpaired) electrons. The molecule has 2 amide bonds. The van der Waals surface area contributed by atoms with E-state index in [1.807, 2.05) is 0 Å². The molecule has 0 spiro atoms. The van der Waals surface area contributed by atoms with E-state index in [1.54, 1.807) is 36.9 Å². The van der Waals surface area contributed by atoms with Gasteiger partial charge in [-0.3, -0.25) is 0 Å². The Kier molecular flexibility index (Phi) is 4.41. The summed E-state index contributed by atoms with van der Waals surface area (Å²) in [4.78, 5) is 25.4. The first-order valence-electron chi connectivity index (χ1n) is 5.82. The number of thiophene rings is 1. The Hall–Kier alpha value is -2.28. The molecular formula is C13H14N2O4S. The topological polar surface area (TPSA) is 71.8 Å². The van der Waals surface area contributed by atoms with Gasteiger partial charge in [-0.1, -0.05) is 0 Å². The Morgan fingerprint density at radius 1 is 1.45 bits per heavy atom. The number of carbonyl (C=O) groups excluding carboxylic acids is 2. The second-order valence-corrected chi connectivity index (χ2v) is 4.94. The molecule has 6 nitrogen and oxygen atoms in total. The predicted molar refractivity (Wildman–Crippen MR) is 74.9 cm³/mol. The Balaban J connectivity index is 2.01. The van der Waals surface area contributed by atoms with Gasteiger partial charge in [0.25, 0.3) is 0 Å². The van der Waals surface area contributed by atoms with Gasteiger partial charge in [-0.2, -0.15) is 0 Å². The molecule has 0 saturated heterocycles. The summed E-state index contributed by atoms with van der Waals surface area (Å²) in [5.74, 6) is 0.213. The lowest BCUT2D eigenvalue weighted by Gasteiger charge is -2.16. The van der Waals surface area contributed by atoms with E-state index in [-0.39, 0.29) is 6.03 Å². The second kappa shape index (κ2) is 6.25. The second-order valence-electron chi connectivity index (χ2n) is 4.02. The van der Waals surface area contributed by atoms with Gasteiger partial charge in [-0.15, -0.1) is 11.3 Å². The van der Waals surface area contributed by atoms with Crippen LogP contribution in [0.4, 0.5) is 10.5 Å². The van der Waals surface area contributed by atoms with Crippen LogP contribution in [0, 0.1) is 0 Å². The number of rotatable bonds is 4. The molecule has 106 valence electrons. The number of nitrogens with zero attached hydrogens (tertiary/aromatic N) is 1. The number of ether oxygens (including phenoxy) is 1. The number of esters is 1. The van der Waals surface area contributed by atoms with Gasteiger partial charge in [0, 0.05) is 7.05 Å². The maximum atomic E-state index is 12.0. The zero-order valence-corrected chi connectivity index (χ0v) is 11.9. The van der Waals surface area contributed by atoms with Crippen LogP contribution in [0.15, 0.2) is 34.3 Å². The van der Waals surface area contributed by atoms with E-state index in [4.69, 9.17) is 4.42 Å². The fourth-order valence-electron chi connectivity index (χ4n) is 1.58. The van der Waals surface area contributed by atoms with Crippen LogP contribution >= 0.6 is 11.3 Å². The number of furan rings is 1. The largest absolute Gasteiger partial charge is 0.467 e. The molecule has 1 N–H and O–H groups in total. The molecular weight excluding hydrogens is 280 g/mol. The molecule has 0 aliphatic rings. The van der Waals surface area contributed by atoms with Crippen molar-refractivity contribution >= 4 is 29.0 Å². The summed E-state index contributed by atoms with van der Waals surface area (Å²) in [7, 11) is 2.94. The number of nitrogens with one attached hydrogen (secondary N) is 1. The van der Waals surface area contributed by atoms with Gasteiger partial charge in [-0.05, 0) is 23.6 Å². The highest BCUT2D eigenvalue weighted by Crippen LogP contribution is 2.23. The molecule has 0 bridgehead atoms. The molecule has 2 heterocycles. The molecule has 0 atom stereocenters. The summed E-state index contributed by atoms with van der Waals surface area (Å²) in [5.41, 5.74) is 0.443. The van der Waals surface area contributed by atoms with E-state index in [0.717, 1.165) is 0 Å². The standard InChI is InChI=1S/C13H14N2O4S/c1-15(8-9-4-3-6-19-9)13(17)14-10-5-7-20-11(10)12(16)18-2/h3-7H,8H2,1-2H3,(H,14,17). The minimum atomic E-state index is -0.469. The van der Waals surface area contributed by atoms with Gasteiger partial charge in [0.15, 0.2) is 0 Å². The summed E-state index contributed by atoms with van der Waals surface area (Å²) in [6, 6.07) is 4.88. The first-order valence-corrected chi connectivity index (χ1v) is 6.70. The molecule has 7 heteroatoms. The van der Waals surface area contributed by atoms with E-state index < -0.39 is 5.97 Å². The minimum Gasteiger partial charge on any atom is -0.467 e. The Labute approximate surface area is 119 Å². The smallest absolute Gasteiger partial charge is 0.350 e. The van der Waals surface area contributed by atoms with Gasteiger partial charge in [0.1, 0.15) is 10.6 Å². The molecule has 2 aromatic heterocycles. The van der Waals surface area contributed by atoms with E-state index in [1.165, 1.54) is 23.3 Å². The predicted octanol–water partition coefficient (Wildman–Crippen LogP) is 2.79. The van der Waals surface area contributed by atoms with Crippen molar-refractivity contribution in [3.05, 3.63) is 40.5 Å². The molecule has 0 unspecified atom stereocenters. The lowest BCUT2D eigenvalue weighted by molar-refractivity contribution is 0.0607. The third-order valence-corrected chi connectivity index (χ3v) is 3.49. The van der Waals surface area contributed by atoms with E-state index in [9.17, 15) is 9.59 Å². The van der Waals surface area contributed by atoms with Crippen molar-refractivity contribution < 1.29 is 18.7 Å². The third kappa shape index (κ3) is 3.18. The van der Waals surface area contributed by atoms with Gasteiger partial charge < -0.3 is 19.4 Å². The number of carbonyl (C=O) groups is 2. The van der Waals surface area contributed by atoms with Crippen molar-refractivity contribution in [1.82, 2.24) is 4.90 Å². The molecule has 20 heavy (non-hydrogen) atoms. The van der Waals surface area contributed by atoms with E-state index in [0.29, 0.717) is 22.9 Å². The fraction of sp³-hybridized carbons (Fsp3) is 0.231. The highest BCUT2D eigenvalue weighted by molar-refractivity contribution is 7.12. The van der Waals surface area contributed by atoms with Gasteiger partial charge in [0.05, 0.1) is 25.6 Å². The normalized spacial score (nSPS) is 10.1. The van der Waals surface area contributed by atoms with Crippen LogP contribution in [0.2, 0.25) is 0 Å². The SMILES string of the molecule is COC(=O)c1sccc1NC(=O)N(C)Cc1ccco1. The summed E-state index contributed by atoms with van der Waals surface area (Å²) in [6.45, 7) is 0.344. The number of urea groups is 1. The zero-order valence-electron chi connectivity index (χ0n) is 11.1. The first kappa shape index (κ1) is 14.1. The summed E-state index contributed by atoms with van der Waals surface area (Å²) in [6.07, 6.45) is 1.55. The average Bonchev–Trinajstić information content (AvgIpc) is 3.09. The number of anilines is 1. The molecule has 0 aromatic carbocycles. The third-order valence-electron chi connectivity index (χ3n) is 2.60. The van der Waals surface area contributed by atoms with Crippen LogP contribution < -0.4 is 5.32 Å². The van der Waals surface area contributed by atoms with E-state index >= 15 is 0 Å². The maximum Gasteiger partial charge on any atom is 0.350 e. The average molecular weight is 294 g/mol. The van der Waals surface area contributed by atoms with Crippen LogP contribution in [0.3, 0.4) is 0 Å². The number of methoxy groups -OCH3 is 1. The van der Waals surface area contributed by atoms with Crippen LogP contribution in [0.1, 0.15) is 15.4 Å². The van der Waals surface area contributed by atoms with Crippen LogP contribution in [-0.2, 0) is 11.3 Å². The van der Waals surface area contributed by atoms with Crippen molar-refractivity contribution in [2.45, 2.75) is 6.54 Å². The molecule has 2 rings (SSSR count). The Morgan fingerprint density at radius 2 is 2.25 bits per heavy atom. The quantitative estimate of drug-likeness (QED) is 0.880. The van der Waals surface area contributed by atoms with Crippen LogP contribution in [-0.4, -0.2) is 31.1 Å². The minimum absolute atomic E-state index is 0.329. The molecule has 2 aromatic rings.